The van der Waals surface area contributed by atoms with E-state index in [2.05, 4.69) is 18.0 Å². The maximum atomic E-state index is 12.4. The second-order valence-corrected chi connectivity index (χ2v) is 11.1. The molecule has 1 aromatic rings. The first-order chi connectivity index (χ1) is 15.4. The molecule has 2 saturated heterocycles. The molecule has 3 unspecified atom stereocenters. The minimum Gasteiger partial charge on any atom is -0.504 e. The highest BCUT2D eigenvalue weighted by molar-refractivity contribution is 5.58. The number of nitrogens with zero attached hydrogens (tertiary/aromatic N) is 1. The Morgan fingerprint density at radius 2 is 1.78 bits per heavy atom. The summed E-state index contributed by atoms with van der Waals surface area (Å²) in [6, 6.07) is 3.96. The summed E-state index contributed by atoms with van der Waals surface area (Å²) in [7, 11) is 3.71. The SMILES string of the molecule is COc1ccc2c(c1O)[C@]13CCN(C)[C@H](C2)C1(O)CCC1(C3)OCC2CCCCC2CO1. The van der Waals surface area contributed by atoms with Gasteiger partial charge in [-0.15, -0.1) is 0 Å². The fraction of sp³-hybridized carbons (Fsp3) is 0.769. The summed E-state index contributed by atoms with van der Waals surface area (Å²) < 4.78 is 18.8. The van der Waals surface area contributed by atoms with Crippen LogP contribution in [0.2, 0.25) is 0 Å². The maximum absolute atomic E-state index is 12.4. The van der Waals surface area contributed by atoms with Crippen molar-refractivity contribution in [2.75, 3.05) is 33.9 Å². The van der Waals surface area contributed by atoms with Crippen molar-refractivity contribution < 1.29 is 24.4 Å². The van der Waals surface area contributed by atoms with E-state index in [4.69, 9.17) is 14.2 Å². The molecule has 2 N–H and O–H groups in total. The third kappa shape index (κ3) is 2.79. The summed E-state index contributed by atoms with van der Waals surface area (Å²) >= 11 is 0. The Morgan fingerprint density at radius 3 is 2.47 bits per heavy atom. The zero-order valence-corrected chi connectivity index (χ0v) is 19.4. The topological polar surface area (TPSA) is 71.4 Å². The Hall–Kier alpha value is -1.34. The summed E-state index contributed by atoms with van der Waals surface area (Å²) in [5.41, 5.74) is 0.457. The van der Waals surface area contributed by atoms with E-state index in [9.17, 15) is 10.2 Å². The van der Waals surface area contributed by atoms with Crippen LogP contribution in [0.4, 0.5) is 0 Å². The van der Waals surface area contributed by atoms with Crippen LogP contribution in [-0.2, 0) is 21.3 Å². The van der Waals surface area contributed by atoms with E-state index in [1.165, 1.54) is 25.7 Å². The van der Waals surface area contributed by atoms with Crippen LogP contribution < -0.4 is 4.74 Å². The number of phenolic OH excluding ortho intramolecular Hbond substituents is 1. The van der Waals surface area contributed by atoms with Crippen molar-refractivity contribution in [1.29, 1.82) is 0 Å². The number of likely N-dealkylation sites (N-methyl/N-ethyl adjacent to an activating group) is 1. The zero-order valence-electron chi connectivity index (χ0n) is 19.4. The number of fused-ring (bicyclic) bond motifs is 2. The smallest absolute Gasteiger partial charge is 0.169 e. The number of aromatic hydroxyl groups is 1. The lowest BCUT2D eigenvalue weighted by Gasteiger charge is -2.65. The molecule has 3 aliphatic carbocycles. The molecule has 5 aliphatic rings. The highest BCUT2D eigenvalue weighted by Crippen LogP contribution is 2.63. The van der Waals surface area contributed by atoms with E-state index >= 15 is 0 Å². The first kappa shape index (κ1) is 21.2. The molecule has 2 aliphatic heterocycles. The fourth-order valence-electron chi connectivity index (χ4n) is 7.97. The zero-order chi connectivity index (χ0) is 22.1. The van der Waals surface area contributed by atoms with Crippen LogP contribution in [0.1, 0.15) is 62.5 Å². The number of hydrogen-bond acceptors (Lipinski definition) is 6. The molecular weight excluding hydrogens is 406 g/mol. The second kappa shape index (κ2) is 7.33. The molecule has 0 aromatic heterocycles. The number of aliphatic hydroxyl groups is 1. The normalized spacial score (nSPS) is 43.7. The van der Waals surface area contributed by atoms with Gasteiger partial charge in [0.15, 0.2) is 17.3 Å². The van der Waals surface area contributed by atoms with E-state index in [1.54, 1.807) is 7.11 Å². The molecule has 176 valence electrons. The lowest BCUT2D eigenvalue weighted by atomic mass is 9.48. The van der Waals surface area contributed by atoms with Crippen molar-refractivity contribution in [3.05, 3.63) is 23.3 Å². The van der Waals surface area contributed by atoms with E-state index < -0.39 is 16.8 Å². The molecule has 2 heterocycles. The molecule has 2 saturated carbocycles. The first-order valence-electron chi connectivity index (χ1n) is 12.5. The molecule has 4 fully saturated rings. The Kier molecular flexibility index (Phi) is 4.86. The van der Waals surface area contributed by atoms with Crippen molar-refractivity contribution >= 4 is 0 Å². The molecule has 6 heteroatoms. The monoisotopic (exact) mass is 443 g/mol. The van der Waals surface area contributed by atoms with Crippen molar-refractivity contribution in [2.24, 2.45) is 11.8 Å². The standard InChI is InChI=1S/C26H37NO5/c1-27-12-11-24-16-25(31-14-18-5-3-4-6-19(18)15-32-25)9-10-26(24,29)21(27)13-17-7-8-20(30-2)23(28)22(17)24/h7-8,18-19,21,28-29H,3-6,9-16H2,1-2H3/t18?,19?,21-,24-,25?,26?/m1/s1. The minimum atomic E-state index is -0.923. The lowest BCUT2D eigenvalue weighted by molar-refractivity contribution is -0.294. The van der Waals surface area contributed by atoms with Gasteiger partial charge in [-0.1, -0.05) is 18.9 Å². The average Bonchev–Trinajstić information content (AvgIpc) is 2.97. The molecule has 2 bridgehead atoms. The van der Waals surface area contributed by atoms with Crippen LogP contribution >= 0.6 is 0 Å². The van der Waals surface area contributed by atoms with Gasteiger partial charge >= 0.3 is 0 Å². The number of ether oxygens (including phenoxy) is 3. The van der Waals surface area contributed by atoms with Gasteiger partial charge in [0.05, 0.1) is 25.9 Å². The van der Waals surface area contributed by atoms with E-state index in [1.807, 2.05) is 6.07 Å². The minimum absolute atomic E-state index is 0.0299. The molecule has 6 rings (SSSR count). The van der Waals surface area contributed by atoms with Gasteiger partial charge in [0.1, 0.15) is 0 Å². The Balaban J connectivity index is 1.45. The molecular formula is C26H37NO5. The fourth-order valence-corrected chi connectivity index (χ4v) is 7.97. The van der Waals surface area contributed by atoms with Crippen molar-refractivity contribution in [2.45, 2.75) is 80.6 Å². The van der Waals surface area contributed by atoms with E-state index in [-0.39, 0.29) is 11.8 Å². The molecule has 5 atom stereocenters. The largest absolute Gasteiger partial charge is 0.504 e. The number of likely N-dealkylation sites (tertiary alicyclic amines) is 1. The molecule has 0 radical (unpaired) electrons. The maximum Gasteiger partial charge on any atom is 0.169 e. The van der Waals surface area contributed by atoms with Crippen LogP contribution in [0, 0.1) is 11.8 Å². The summed E-state index contributed by atoms with van der Waals surface area (Å²) in [5, 5.41) is 23.7. The van der Waals surface area contributed by atoms with Gasteiger partial charge in [0, 0.05) is 29.9 Å². The van der Waals surface area contributed by atoms with Crippen molar-refractivity contribution in [3.8, 4) is 11.5 Å². The predicted octanol–water partition coefficient (Wildman–Crippen LogP) is 3.36. The van der Waals surface area contributed by atoms with Crippen LogP contribution in [0.5, 0.6) is 11.5 Å². The lowest BCUT2D eigenvalue weighted by Crippen LogP contribution is -2.74. The predicted molar refractivity (Wildman–Crippen MR) is 120 cm³/mol. The first-order valence-corrected chi connectivity index (χ1v) is 12.5. The van der Waals surface area contributed by atoms with Gasteiger partial charge in [-0.3, -0.25) is 0 Å². The number of rotatable bonds is 1. The highest BCUT2D eigenvalue weighted by Gasteiger charge is 2.68. The van der Waals surface area contributed by atoms with Gasteiger partial charge in [-0.05, 0) is 69.2 Å². The Bertz CT molecular complexity index is 888. The van der Waals surface area contributed by atoms with Gasteiger partial charge in [0.2, 0.25) is 0 Å². The van der Waals surface area contributed by atoms with E-state index in [0.717, 1.165) is 43.7 Å². The highest BCUT2D eigenvalue weighted by atomic mass is 16.7. The quantitative estimate of drug-likeness (QED) is 0.694. The second-order valence-electron chi connectivity index (χ2n) is 11.1. The van der Waals surface area contributed by atoms with Crippen LogP contribution in [0.25, 0.3) is 0 Å². The summed E-state index contributed by atoms with van der Waals surface area (Å²) in [6.07, 6.45) is 8.45. The van der Waals surface area contributed by atoms with E-state index in [0.29, 0.717) is 36.8 Å². The van der Waals surface area contributed by atoms with Crippen LogP contribution in [0.3, 0.4) is 0 Å². The van der Waals surface area contributed by atoms with Gasteiger partial charge in [-0.25, -0.2) is 0 Å². The summed E-state index contributed by atoms with van der Waals surface area (Å²) in [5.74, 6) is 1.14. The Labute approximate surface area is 190 Å². The third-order valence-corrected chi connectivity index (χ3v) is 9.79. The summed E-state index contributed by atoms with van der Waals surface area (Å²) in [6.45, 7) is 2.38. The molecule has 6 nitrogen and oxygen atoms in total. The number of phenols is 1. The third-order valence-electron chi connectivity index (χ3n) is 9.79. The van der Waals surface area contributed by atoms with Crippen LogP contribution in [-0.4, -0.2) is 66.5 Å². The number of hydrogen-bond donors (Lipinski definition) is 2. The number of methoxy groups -OCH3 is 1. The molecule has 1 spiro atoms. The number of benzene rings is 1. The molecule has 0 amide bonds. The van der Waals surface area contributed by atoms with Crippen LogP contribution in [0.15, 0.2) is 12.1 Å². The molecule has 1 aromatic carbocycles. The van der Waals surface area contributed by atoms with Crippen molar-refractivity contribution in [3.63, 3.8) is 0 Å². The number of piperidine rings is 1. The van der Waals surface area contributed by atoms with Gasteiger partial charge in [0.25, 0.3) is 0 Å². The Morgan fingerprint density at radius 1 is 1.06 bits per heavy atom. The summed E-state index contributed by atoms with van der Waals surface area (Å²) in [4.78, 5) is 2.31. The molecule has 32 heavy (non-hydrogen) atoms. The van der Waals surface area contributed by atoms with Crippen molar-refractivity contribution in [1.82, 2.24) is 4.90 Å². The van der Waals surface area contributed by atoms with Gasteiger partial charge < -0.3 is 29.3 Å². The van der Waals surface area contributed by atoms with Gasteiger partial charge in [-0.2, -0.15) is 0 Å². The average molecular weight is 444 g/mol.